The lowest BCUT2D eigenvalue weighted by atomic mass is 10.2. The number of hydrogen-bond acceptors (Lipinski definition) is 3. The van der Waals surface area contributed by atoms with Crippen molar-refractivity contribution >= 4 is 23.3 Å². The molecule has 0 bridgehead atoms. The van der Waals surface area contributed by atoms with Gasteiger partial charge in [-0.1, -0.05) is 0 Å². The van der Waals surface area contributed by atoms with Gasteiger partial charge in [-0.2, -0.15) is 0 Å². The number of amides is 1. The highest BCUT2D eigenvalue weighted by molar-refractivity contribution is 6.06. The van der Waals surface area contributed by atoms with Crippen LogP contribution in [0.3, 0.4) is 0 Å². The fourth-order valence-electron chi connectivity index (χ4n) is 1.82. The first-order valence-corrected chi connectivity index (χ1v) is 6.55. The second-order valence-electron chi connectivity index (χ2n) is 4.34. The van der Waals surface area contributed by atoms with Gasteiger partial charge < -0.3 is 15.3 Å². The average Bonchev–Trinajstić information content (AvgIpc) is 2.41. The van der Waals surface area contributed by atoms with Crippen molar-refractivity contribution in [1.82, 2.24) is 0 Å². The van der Waals surface area contributed by atoms with Crippen molar-refractivity contribution in [3.63, 3.8) is 0 Å². The molecule has 20 heavy (non-hydrogen) atoms. The predicted octanol–water partition coefficient (Wildman–Crippen LogP) is 2.50. The first kappa shape index (κ1) is 15.8. The summed E-state index contributed by atoms with van der Waals surface area (Å²) in [6, 6.07) is 7.47. The fourth-order valence-corrected chi connectivity index (χ4v) is 1.82. The fraction of sp³-hybridized carbons (Fsp3) is 0.333. The summed E-state index contributed by atoms with van der Waals surface area (Å²) >= 11 is 0. The molecule has 5 nitrogen and oxygen atoms in total. The number of benzene rings is 1. The largest absolute Gasteiger partial charge is 0.478 e. The molecule has 0 aliphatic carbocycles. The van der Waals surface area contributed by atoms with Crippen LogP contribution in [0.25, 0.3) is 0 Å². The molecular formula is C15H20N2O3. The number of nitrogens with zero attached hydrogens (tertiary/aromatic N) is 1. The van der Waals surface area contributed by atoms with E-state index in [4.69, 9.17) is 5.11 Å². The van der Waals surface area contributed by atoms with Crippen LogP contribution in [-0.2, 0) is 9.59 Å². The summed E-state index contributed by atoms with van der Waals surface area (Å²) in [5.41, 5.74) is 1.89. The Morgan fingerprint density at radius 2 is 1.75 bits per heavy atom. The molecule has 2 N–H and O–H groups in total. The molecule has 0 radical (unpaired) electrons. The monoisotopic (exact) mass is 276 g/mol. The Bertz CT molecular complexity index is 502. The average molecular weight is 276 g/mol. The second kappa shape index (κ2) is 7.33. The third-order valence-corrected chi connectivity index (χ3v) is 2.95. The van der Waals surface area contributed by atoms with Gasteiger partial charge in [-0.15, -0.1) is 0 Å². The Morgan fingerprint density at radius 3 is 2.20 bits per heavy atom. The number of nitrogens with one attached hydrogen (secondary N) is 1. The molecule has 5 heteroatoms. The second-order valence-corrected chi connectivity index (χ2v) is 4.34. The minimum atomic E-state index is -1.13. The van der Waals surface area contributed by atoms with Crippen LogP contribution in [0, 0.1) is 0 Å². The van der Waals surface area contributed by atoms with E-state index in [0.29, 0.717) is 5.69 Å². The molecular weight excluding hydrogens is 256 g/mol. The van der Waals surface area contributed by atoms with Crippen LogP contribution in [0.2, 0.25) is 0 Å². The van der Waals surface area contributed by atoms with Crippen molar-refractivity contribution in [3.05, 3.63) is 35.9 Å². The van der Waals surface area contributed by atoms with Crippen LogP contribution < -0.4 is 10.2 Å². The van der Waals surface area contributed by atoms with Gasteiger partial charge >= 0.3 is 5.97 Å². The summed E-state index contributed by atoms with van der Waals surface area (Å²) in [6.45, 7) is 7.47. The molecule has 0 aromatic heterocycles. The Hall–Kier alpha value is -2.30. The Labute approximate surface area is 118 Å². The Balaban J connectivity index is 2.75. The van der Waals surface area contributed by atoms with E-state index >= 15 is 0 Å². The lowest BCUT2D eigenvalue weighted by Gasteiger charge is -2.21. The summed E-state index contributed by atoms with van der Waals surface area (Å²) < 4.78 is 0. The molecule has 0 heterocycles. The summed E-state index contributed by atoms with van der Waals surface area (Å²) in [5, 5.41) is 11.2. The molecule has 1 aromatic carbocycles. The van der Waals surface area contributed by atoms with Crippen LogP contribution >= 0.6 is 0 Å². The summed E-state index contributed by atoms with van der Waals surface area (Å²) in [7, 11) is 0. The third kappa shape index (κ3) is 4.42. The highest BCUT2D eigenvalue weighted by Crippen LogP contribution is 2.18. The number of carboxylic acid groups (broad SMARTS) is 1. The van der Waals surface area contributed by atoms with Gasteiger partial charge in [0.25, 0.3) is 5.91 Å². The zero-order chi connectivity index (χ0) is 15.1. The van der Waals surface area contributed by atoms with Gasteiger partial charge in [0.1, 0.15) is 0 Å². The molecule has 1 rings (SSSR count). The maximum absolute atomic E-state index is 11.7. The molecule has 108 valence electrons. The molecule has 0 saturated carbocycles. The third-order valence-electron chi connectivity index (χ3n) is 2.95. The van der Waals surface area contributed by atoms with Gasteiger partial charge in [-0.25, -0.2) is 4.79 Å². The molecule has 0 saturated heterocycles. The Morgan fingerprint density at radius 1 is 1.20 bits per heavy atom. The van der Waals surface area contributed by atoms with E-state index in [0.717, 1.165) is 24.9 Å². The smallest absolute Gasteiger partial charge is 0.328 e. The van der Waals surface area contributed by atoms with Crippen LogP contribution in [0.4, 0.5) is 11.4 Å². The number of carbonyl (C=O) groups excluding carboxylic acids is 1. The van der Waals surface area contributed by atoms with Gasteiger partial charge in [-0.3, -0.25) is 4.79 Å². The van der Waals surface area contributed by atoms with E-state index in [1.165, 1.54) is 6.92 Å². The minimum absolute atomic E-state index is 0.158. The van der Waals surface area contributed by atoms with Crippen molar-refractivity contribution in [3.8, 4) is 0 Å². The number of hydrogen-bond donors (Lipinski definition) is 2. The highest BCUT2D eigenvalue weighted by Gasteiger charge is 2.07. The summed E-state index contributed by atoms with van der Waals surface area (Å²) in [5.74, 6) is -1.54. The summed E-state index contributed by atoms with van der Waals surface area (Å²) in [4.78, 5) is 24.4. The van der Waals surface area contributed by atoms with Gasteiger partial charge in [0.15, 0.2) is 0 Å². The van der Waals surface area contributed by atoms with Gasteiger partial charge in [0.2, 0.25) is 0 Å². The van der Waals surface area contributed by atoms with Crippen molar-refractivity contribution in [2.45, 2.75) is 20.8 Å². The maximum Gasteiger partial charge on any atom is 0.328 e. The maximum atomic E-state index is 11.7. The molecule has 0 spiro atoms. The first-order chi connectivity index (χ1) is 9.47. The molecule has 1 aromatic rings. The van der Waals surface area contributed by atoms with E-state index in [1.807, 2.05) is 12.1 Å². The van der Waals surface area contributed by atoms with Crippen LogP contribution in [0.15, 0.2) is 35.9 Å². The predicted molar refractivity (Wildman–Crippen MR) is 80.0 cm³/mol. The number of aliphatic carboxylic acids is 1. The quantitative estimate of drug-likeness (QED) is 0.783. The molecule has 0 aliphatic rings. The normalized spacial score (nSPS) is 11.1. The Kier molecular flexibility index (Phi) is 5.77. The highest BCUT2D eigenvalue weighted by atomic mass is 16.4. The molecule has 0 atom stereocenters. The number of carboxylic acids is 1. The molecule has 0 aliphatic heterocycles. The zero-order valence-corrected chi connectivity index (χ0v) is 12.0. The van der Waals surface area contributed by atoms with Crippen molar-refractivity contribution in [2.75, 3.05) is 23.3 Å². The van der Waals surface area contributed by atoms with Crippen molar-refractivity contribution in [1.29, 1.82) is 0 Å². The van der Waals surface area contributed by atoms with Gasteiger partial charge in [0, 0.05) is 36.1 Å². The van der Waals surface area contributed by atoms with Crippen molar-refractivity contribution < 1.29 is 14.7 Å². The topological polar surface area (TPSA) is 69.6 Å². The lowest BCUT2D eigenvalue weighted by molar-refractivity contribution is -0.131. The minimum Gasteiger partial charge on any atom is -0.478 e. The standard InChI is InChI=1S/C15H20N2O3/c1-4-17(5-2)13-8-6-12(7-9-13)16-15(20)11(3)10-14(18)19/h6-10H,4-5H2,1-3H3,(H,16,20)(H,18,19)/b11-10+. The SMILES string of the molecule is CCN(CC)c1ccc(NC(=O)/C(C)=C/C(=O)O)cc1. The number of carbonyl (C=O) groups is 2. The van der Waals surface area contributed by atoms with Crippen LogP contribution in [-0.4, -0.2) is 30.1 Å². The van der Waals surface area contributed by atoms with Crippen molar-refractivity contribution in [2.24, 2.45) is 0 Å². The summed E-state index contributed by atoms with van der Waals surface area (Å²) in [6.07, 6.45) is 0.888. The van der Waals surface area contributed by atoms with E-state index in [2.05, 4.69) is 24.1 Å². The molecule has 0 unspecified atom stereocenters. The zero-order valence-electron chi connectivity index (χ0n) is 12.0. The van der Waals surface area contributed by atoms with Crippen LogP contribution in [0.5, 0.6) is 0 Å². The lowest BCUT2D eigenvalue weighted by Crippen LogP contribution is -2.21. The van der Waals surface area contributed by atoms with Crippen LogP contribution in [0.1, 0.15) is 20.8 Å². The van der Waals surface area contributed by atoms with E-state index < -0.39 is 11.9 Å². The molecule has 1 amide bonds. The number of rotatable bonds is 6. The van der Waals surface area contributed by atoms with Gasteiger partial charge in [0.05, 0.1) is 0 Å². The number of anilines is 2. The molecule has 0 fully saturated rings. The van der Waals surface area contributed by atoms with E-state index in [-0.39, 0.29) is 5.57 Å². The first-order valence-electron chi connectivity index (χ1n) is 6.55. The van der Waals surface area contributed by atoms with E-state index in [1.54, 1.807) is 12.1 Å². The van der Waals surface area contributed by atoms with E-state index in [9.17, 15) is 9.59 Å². The van der Waals surface area contributed by atoms with Gasteiger partial charge in [-0.05, 0) is 45.0 Å².